The van der Waals surface area contributed by atoms with Crippen LogP contribution in [-0.4, -0.2) is 0 Å². The van der Waals surface area contributed by atoms with E-state index in [9.17, 15) is 4.39 Å². The molecule has 0 heterocycles. The van der Waals surface area contributed by atoms with Crippen molar-refractivity contribution in [2.24, 2.45) is 0 Å². The summed E-state index contributed by atoms with van der Waals surface area (Å²) in [6.07, 6.45) is 0. The van der Waals surface area contributed by atoms with Crippen LogP contribution in [-0.2, 0) is 0 Å². The van der Waals surface area contributed by atoms with Crippen molar-refractivity contribution in [1.82, 2.24) is 0 Å². The normalized spacial score (nSPS) is 10.5. The Labute approximate surface area is 269 Å². The Morgan fingerprint density at radius 3 is 1.05 bits per heavy atom. The van der Waals surface area contributed by atoms with Crippen LogP contribution in [0.25, 0.3) is 0 Å². The number of hydrogen-bond acceptors (Lipinski definition) is 1. The summed E-state index contributed by atoms with van der Waals surface area (Å²) < 4.78 is 12.9. The fraction of sp³-hybridized carbons (Fsp3) is 0.405. The lowest BCUT2D eigenvalue weighted by atomic mass is 9.97. The van der Waals surface area contributed by atoms with E-state index in [2.05, 4.69) is 131 Å². The van der Waals surface area contributed by atoms with Gasteiger partial charge in [-0.1, -0.05) is 148 Å². The first kappa shape index (κ1) is 38.3. The molecule has 0 atom stereocenters. The van der Waals surface area contributed by atoms with Crippen LogP contribution in [0.2, 0.25) is 0 Å². The van der Waals surface area contributed by atoms with Gasteiger partial charge in [-0.05, 0) is 95.0 Å². The molecule has 0 N–H and O–H groups in total. The number of nitriles is 1. The largest absolute Gasteiger partial charge is 0.207 e. The molecule has 44 heavy (non-hydrogen) atoms. The summed E-state index contributed by atoms with van der Waals surface area (Å²) in [6.45, 7) is 25.6. The van der Waals surface area contributed by atoms with Crippen molar-refractivity contribution in [2.45, 2.75) is 113 Å². The molecule has 4 rings (SSSR count). The zero-order valence-electron chi connectivity index (χ0n) is 29.4. The average molecular weight is 594 g/mol. The molecule has 0 spiro atoms. The summed E-state index contributed by atoms with van der Waals surface area (Å²) in [4.78, 5) is 0. The monoisotopic (exact) mass is 593 g/mol. The lowest BCUT2D eigenvalue weighted by Crippen LogP contribution is -1.90. The predicted octanol–water partition coefficient (Wildman–Crippen LogP) is 13.0. The fourth-order valence-electron chi connectivity index (χ4n) is 4.13. The average Bonchev–Trinajstić information content (AvgIpc) is 2.99. The zero-order chi connectivity index (χ0) is 33.4. The van der Waals surface area contributed by atoms with E-state index in [1.54, 1.807) is 13.0 Å². The van der Waals surface area contributed by atoms with E-state index >= 15 is 0 Å². The minimum Gasteiger partial charge on any atom is -0.207 e. The zero-order valence-corrected chi connectivity index (χ0v) is 29.4. The molecule has 0 saturated carbocycles. The maximum Gasteiger partial charge on any atom is 0.126 e. The number of aryl methyl sites for hydroxylation is 2. The maximum atomic E-state index is 12.9. The van der Waals surface area contributed by atoms with Crippen molar-refractivity contribution in [2.75, 3.05) is 0 Å². The molecule has 4 aromatic carbocycles. The van der Waals surface area contributed by atoms with Gasteiger partial charge in [0.1, 0.15) is 5.82 Å². The van der Waals surface area contributed by atoms with Crippen molar-refractivity contribution >= 4 is 0 Å². The van der Waals surface area contributed by atoms with E-state index < -0.39 is 0 Å². The molecule has 0 fully saturated rings. The fourth-order valence-corrected chi connectivity index (χ4v) is 4.13. The second kappa shape index (κ2) is 19.6. The number of rotatable bonds is 5. The molecule has 0 amide bonds. The Bertz CT molecular complexity index is 1360. The van der Waals surface area contributed by atoms with Crippen LogP contribution in [0, 0.1) is 31.0 Å². The van der Waals surface area contributed by atoms with Crippen LogP contribution in [0.5, 0.6) is 0 Å². The highest BCUT2D eigenvalue weighted by atomic mass is 19.1. The third kappa shape index (κ3) is 14.2. The summed E-state index contributed by atoms with van der Waals surface area (Å²) in [5.74, 6) is 2.79. The van der Waals surface area contributed by atoms with Crippen molar-refractivity contribution < 1.29 is 4.39 Å². The van der Waals surface area contributed by atoms with Gasteiger partial charge in [0.25, 0.3) is 0 Å². The van der Waals surface area contributed by atoms with Crippen LogP contribution in [0.3, 0.4) is 0 Å². The van der Waals surface area contributed by atoms with Gasteiger partial charge >= 0.3 is 0 Å². The van der Waals surface area contributed by atoms with Gasteiger partial charge in [0.15, 0.2) is 0 Å². The molecule has 0 aliphatic heterocycles. The van der Waals surface area contributed by atoms with Gasteiger partial charge in [0.2, 0.25) is 0 Å². The van der Waals surface area contributed by atoms with Gasteiger partial charge < -0.3 is 0 Å². The SMILES string of the molecule is CC(C)c1ccc(C#N)cc1.CC(C)c1ccc(C(C)C)cc1.Cc1ccc(C(C)C)cc1.Cc1ccc(C(C)C)cc1F. The van der Waals surface area contributed by atoms with Crippen molar-refractivity contribution in [3.8, 4) is 6.07 Å². The number of halogens is 1. The quantitative estimate of drug-likeness (QED) is 0.226. The number of nitrogens with zero attached hydrogens (tertiary/aromatic N) is 1. The summed E-state index contributed by atoms with van der Waals surface area (Å²) in [5, 5.41) is 8.52. The van der Waals surface area contributed by atoms with Crippen molar-refractivity contribution in [3.63, 3.8) is 0 Å². The van der Waals surface area contributed by atoms with E-state index in [4.69, 9.17) is 5.26 Å². The summed E-state index contributed by atoms with van der Waals surface area (Å²) in [5.41, 5.74) is 9.41. The smallest absolute Gasteiger partial charge is 0.126 e. The van der Waals surface area contributed by atoms with Gasteiger partial charge in [-0.25, -0.2) is 4.39 Å². The van der Waals surface area contributed by atoms with Crippen molar-refractivity contribution in [3.05, 3.63) is 141 Å². The molecule has 0 radical (unpaired) electrons. The molecule has 0 saturated heterocycles. The highest BCUT2D eigenvalue weighted by Crippen LogP contribution is 2.20. The first-order valence-electron chi connectivity index (χ1n) is 16.1. The third-order valence-electron chi connectivity index (χ3n) is 7.58. The lowest BCUT2D eigenvalue weighted by molar-refractivity contribution is 0.614. The van der Waals surface area contributed by atoms with Gasteiger partial charge in [-0.15, -0.1) is 0 Å². The minimum absolute atomic E-state index is 0.101. The van der Waals surface area contributed by atoms with Crippen molar-refractivity contribution in [1.29, 1.82) is 5.26 Å². The van der Waals surface area contributed by atoms with Crippen LogP contribution < -0.4 is 0 Å². The molecule has 0 aliphatic rings. The number of hydrogen-bond donors (Lipinski definition) is 0. The third-order valence-corrected chi connectivity index (χ3v) is 7.58. The first-order valence-corrected chi connectivity index (χ1v) is 16.1. The second-order valence-corrected chi connectivity index (χ2v) is 13.1. The Balaban J connectivity index is 0.000000294. The van der Waals surface area contributed by atoms with Gasteiger partial charge in [-0.3, -0.25) is 0 Å². The van der Waals surface area contributed by atoms with E-state index in [0.29, 0.717) is 29.6 Å². The summed E-state index contributed by atoms with van der Waals surface area (Å²) in [6, 6.07) is 32.9. The molecular formula is C42H56FN. The Kier molecular flexibility index (Phi) is 17.0. The first-order chi connectivity index (χ1) is 20.7. The topological polar surface area (TPSA) is 23.8 Å². The number of benzene rings is 4. The molecule has 0 unspecified atom stereocenters. The Morgan fingerprint density at radius 1 is 0.455 bits per heavy atom. The van der Waals surface area contributed by atoms with E-state index in [1.165, 1.54) is 27.8 Å². The molecule has 1 nitrogen and oxygen atoms in total. The van der Waals surface area contributed by atoms with E-state index in [1.807, 2.05) is 36.4 Å². The van der Waals surface area contributed by atoms with Crippen LogP contribution in [0.1, 0.15) is 143 Å². The predicted molar refractivity (Wildman–Crippen MR) is 190 cm³/mol. The minimum atomic E-state index is -0.101. The molecule has 0 bridgehead atoms. The lowest BCUT2D eigenvalue weighted by Gasteiger charge is -2.08. The van der Waals surface area contributed by atoms with E-state index in [-0.39, 0.29) is 5.82 Å². The molecule has 4 aromatic rings. The molecule has 236 valence electrons. The molecule has 0 aromatic heterocycles. The Morgan fingerprint density at radius 2 is 0.750 bits per heavy atom. The van der Waals surface area contributed by atoms with E-state index in [0.717, 1.165) is 16.7 Å². The van der Waals surface area contributed by atoms with Gasteiger partial charge in [0, 0.05) is 0 Å². The summed E-state index contributed by atoms with van der Waals surface area (Å²) in [7, 11) is 0. The molecular weight excluding hydrogens is 537 g/mol. The molecule has 2 heteroatoms. The Hall–Kier alpha value is -3.70. The van der Waals surface area contributed by atoms with Crippen LogP contribution >= 0.6 is 0 Å². The highest BCUT2D eigenvalue weighted by Gasteiger charge is 2.02. The molecule has 0 aliphatic carbocycles. The van der Waals surface area contributed by atoms with Crippen LogP contribution in [0.4, 0.5) is 4.39 Å². The van der Waals surface area contributed by atoms with Gasteiger partial charge in [-0.2, -0.15) is 5.26 Å². The standard InChI is InChI=1S/C12H18.C10H13F.C10H11N.C10H14/c1-9(2)11-5-7-12(8-6-11)10(3)4;1-7(2)9-5-4-8(3)10(11)6-9;1-8(2)10-5-3-9(7-11)4-6-10;1-8(2)10-6-4-9(3)5-7-10/h5-10H,1-4H3;4-7H,1-3H3;3-6,8H,1-2H3;4-8H,1-3H3. The second-order valence-electron chi connectivity index (χ2n) is 13.1. The highest BCUT2D eigenvalue weighted by molar-refractivity contribution is 5.32. The van der Waals surface area contributed by atoms with Gasteiger partial charge in [0.05, 0.1) is 11.6 Å². The van der Waals surface area contributed by atoms with Crippen LogP contribution in [0.15, 0.2) is 91.0 Å². The summed E-state index contributed by atoms with van der Waals surface area (Å²) >= 11 is 0. The maximum absolute atomic E-state index is 12.9.